The average Bonchev–Trinajstić information content (AvgIpc) is 2.66. The van der Waals surface area contributed by atoms with Crippen molar-refractivity contribution in [3.63, 3.8) is 0 Å². The molecule has 0 bridgehead atoms. The maximum absolute atomic E-state index is 12.1. The summed E-state index contributed by atoms with van der Waals surface area (Å²) in [5.74, 6) is -1.07. The highest BCUT2D eigenvalue weighted by atomic mass is 16.5. The molecule has 2 amide bonds. The largest absolute Gasteiger partial charge is 0.496 e. The zero-order valence-corrected chi connectivity index (χ0v) is 16.4. The van der Waals surface area contributed by atoms with Gasteiger partial charge in [-0.25, -0.2) is 0 Å². The first-order chi connectivity index (χ1) is 13.8. The van der Waals surface area contributed by atoms with Crippen LogP contribution in [-0.4, -0.2) is 37.3 Å². The van der Waals surface area contributed by atoms with Crippen LogP contribution in [0, 0.1) is 0 Å². The number of hydrogen-bond donors (Lipinski definition) is 2. The van der Waals surface area contributed by atoms with Gasteiger partial charge < -0.3 is 20.1 Å². The molecule has 0 spiro atoms. The molecule has 152 valence electrons. The van der Waals surface area contributed by atoms with Crippen LogP contribution in [0.25, 0.3) is 0 Å². The number of benzene rings is 2. The number of carbonyl (C=O) groups is 4. The Kier molecular flexibility index (Phi) is 7.47. The van der Waals surface area contributed by atoms with Crippen molar-refractivity contribution >= 4 is 34.9 Å². The van der Waals surface area contributed by atoms with Crippen LogP contribution in [0.4, 0.5) is 11.4 Å². The Balaban J connectivity index is 1.92. The Morgan fingerprint density at radius 3 is 2.24 bits per heavy atom. The lowest BCUT2D eigenvalue weighted by Crippen LogP contribution is -2.22. The van der Waals surface area contributed by atoms with E-state index in [1.54, 1.807) is 42.5 Å². The normalized spacial score (nSPS) is 10.0. The van der Waals surface area contributed by atoms with Gasteiger partial charge in [0, 0.05) is 29.4 Å². The second-order valence-electron chi connectivity index (χ2n) is 6.23. The van der Waals surface area contributed by atoms with Crippen molar-refractivity contribution < 1.29 is 28.7 Å². The SMILES string of the molecule is COc1ccc(C(C)=O)cc1CC(=O)OCC(=O)Nc1cccc(NC(C)=O)c1. The third-order valence-corrected chi connectivity index (χ3v) is 3.85. The maximum Gasteiger partial charge on any atom is 0.310 e. The van der Waals surface area contributed by atoms with Gasteiger partial charge in [-0.15, -0.1) is 0 Å². The van der Waals surface area contributed by atoms with Crippen LogP contribution in [0.15, 0.2) is 42.5 Å². The summed E-state index contributed by atoms with van der Waals surface area (Å²) in [4.78, 5) is 46.7. The van der Waals surface area contributed by atoms with Gasteiger partial charge in [-0.05, 0) is 43.3 Å². The molecular weight excluding hydrogens is 376 g/mol. The zero-order valence-electron chi connectivity index (χ0n) is 16.4. The first-order valence-electron chi connectivity index (χ1n) is 8.79. The minimum atomic E-state index is -0.633. The molecule has 0 fully saturated rings. The quantitative estimate of drug-likeness (QED) is 0.522. The predicted molar refractivity (Wildman–Crippen MR) is 107 cm³/mol. The number of nitrogens with one attached hydrogen (secondary N) is 2. The summed E-state index contributed by atoms with van der Waals surface area (Å²) in [5.41, 5.74) is 1.93. The summed E-state index contributed by atoms with van der Waals surface area (Å²) in [6.07, 6.45) is -0.143. The molecule has 2 rings (SSSR count). The van der Waals surface area contributed by atoms with Gasteiger partial charge in [0.1, 0.15) is 5.75 Å². The van der Waals surface area contributed by atoms with Crippen LogP contribution < -0.4 is 15.4 Å². The van der Waals surface area contributed by atoms with E-state index in [9.17, 15) is 19.2 Å². The highest BCUT2D eigenvalue weighted by Gasteiger charge is 2.14. The van der Waals surface area contributed by atoms with Crippen molar-refractivity contribution in [3.05, 3.63) is 53.6 Å². The number of anilines is 2. The Labute approximate surface area is 168 Å². The molecule has 0 aliphatic heterocycles. The molecule has 0 aliphatic carbocycles. The summed E-state index contributed by atoms with van der Waals surface area (Å²) < 4.78 is 10.2. The van der Waals surface area contributed by atoms with Gasteiger partial charge in [0.05, 0.1) is 13.5 Å². The van der Waals surface area contributed by atoms with E-state index in [1.807, 2.05) is 0 Å². The van der Waals surface area contributed by atoms with E-state index in [0.29, 0.717) is 28.3 Å². The number of carbonyl (C=O) groups excluding carboxylic acids is 4. The minimum absolute atomic E-state index is 0.136. The summed E-state index contributed by atoms with van der Waals surface area (Å²) in [5, 5.41) is 5.19. The van der Waals surface area contributed by atoms with E-state index in [0.717, 1.165) is 0 Å². The highest BCUT2D eigenvalue weighted by molar-refractivity contribution is 5.95. The molecule has 2 aromatic rings. The number of hydrogen-bond acceptors (Lipinski definition) is 6. The van der Waals surface area contributed by atoms with Crippen LogP contribution in [0.2, 0.25) is 0 Å². The fourth-order valence-corrected chi connectivity index (χ4v) is 2.56. The lowest BCUT2D eigenvalue weighted by molar-refractivity contribution is -0.146. The van der Waals surface area contributed by atoms with Gasteiger partial charge in [0.2, 0.25) is 5.91 Å². The summed E-state index contributed by atoms with van der Waals surface area (Å²) >= 11 is 0. The molecule has 0 saturated carbocycles. The van der Waals surface area contributed by atoms with Gasteiger partial charge in [-0.1, -0.05) is 6.07 Å². The third kappa shape index (κ3) is 6.76. The number of ether oxygens (including phenoxy) is 2. The van der Waals surface area contributed by atoms with Crippen molar-refractivity contribution in [2.75, 3.05) is 24.4 Å². The van der Waals surface area contributed by atoms with E-state index in [2.05, 4.69) is 10.6 Å². The lowest BCUT2D eigenvalue weighted by Gasteiger charge is -2.11. The molecule has 0 heterocycles. The number of amides is 2. The number of Topliss-reactive ketones (excluding diaryl/α,β-unsaturated/α-hetero) is 1. The van der Waals surface area contributed by atoms with Gasteiger partial charge in [-0.3, -0.25) is 19.2 Å². The molecule has 0 aromatic heterocycles. The van der Waals surface area contributed by atoms with Gasteiger partial charge in [0.15, 0.2) is 12.4 Å². The summed E-state index contributed by atoms with van der Waals surface area (Å²) in [6.45, 7) is 2.33. The molecule has 8 nitrogen and oxygen atoms in total. The van der Waals surface area contributed by atoms with Gasteiger partial charge in [-0.2, -0.15) is 0 Å². The van der Waals surface area contributed by atoms with Crippen molar-refractivity contribution in [3.8, 4) is 5.75 Å². The molecule has 2 N–H and O–H groups in total. The van der Waals surface area contributed by atoms with E-state index < -0.39 is 18.5 Å². The van der Waals surface area contributed by atoms with Crippen molar-refractivity contribution in [1.82, 2.24) is 0 Å². The monoisotopic (exact) mass is 398 g/mol. The van der Waals surface area contributed by atoms with Crippen LogP contribution >= 0.6 is 0 Å². The Bertz CT molecular complexity index is 939. The molecule has 0 unspecified atom stereocenters. The summed E-state index contributed by atoms with van der Waals surface area (Å²) in [7, 11) is 1.46. The Morgan fingerprint density at radius 2 is 1.62 bits per heavy atom. The molecular formula is C21H22N2O6. The van der Waals surface area contributed by atoms with E-state index in [1.165, 1.54) is 21.0 Å². The molecule has 8 heteroatoms. The van der Waals surface area contributed by atoms with E-state index in [4.69, 9.17) is 9.47 Å². The van der Waals surface area contributed by atoms with Gasteiger partial charge >= 0.3 is 5.97 Å². The van der Waals surface area contributed by atoms with Crippen molar-refractivity contribution in [1.29, 1.82) is 0 Å². The lowest BCUT2D eigenvalue weighted by atomic mass is 10.0. The molecule has 0 aliphatic rings. The Morgan fingerprint density at radius 1 is 0.931 bits per heavy atom. The maximum atomic E-state index is 12.1. The fourth-order valence-electron chi connectivity index (χ4n) is 2.56. The molecule has 0 radical (unpaired) electrons. The number of rotatable bonds is 8. The number of esters is 1. The smallest absolute Gasteiger partial charge is 0.310 e. The highest BCUT2D eigenvalue weighted by Crippen LogP contribution is 2.21. The standard InChI is InChI=1S/C21H22N2O6/c1-13(24)15-7-8-19(28-3)16(9-15)10-21(27)29-12-20(26)23-18-6-4-5-17(11-18)22-14(2)25/h4-9,11H,10,12H2,1-3H3,(H,22,25)(H,23,26). The van der Waals surface area contributed by atoms with Gasteiger partial charge in [0.25, 0.3) is 5.91 Å². The van der Waals surface area contributed by atoms with E-state index in [-0.39, 0.29) is 18.1 Å². The number of methoxy groups -OCH3 is 1. The second kappa shape index (κ2) is 10.0. The molecule has 0 saturated heterocycles. The summed E-state index contributed by atoms with van der Waals surface area (Å²) in [6, 6.07) is 11.4. The van der Waals surface area contributed by atoms with Crippen LogP contribution in [-0.2, 0) is 25.5 Å². The topological polar surface area (TPSA) is 111 Å². The minimum Gasteiger partial charge on any atom is -0.496 e. The fraction of sp³-hybridized carbons (Fsp3) is 0.238. The van der Waals surface area contributed by atoms with Crippen LogP contribution in [0.3, 0.4) is 0 Å². The van der Waals surface area contributed by atoms with Crippen LogP contribution in [0.1, 0.15) is 29.8 Å². The second-order valence-corrected chi connectivity index (χ2v) is 6.23. The van der Waals surface area contributed by atoms with Crippen molar-refractivity contribution in [2.24, 2.45) is 0 Å². The average molecular weight is 398 g/mol. The molecule has 0 atom stereocenters. The first kappa shape index (κ1) is 21.6. The van der Waals surface area contributed by atoms with Crippen LogP contribution in [0.5, 0.6) is 5.75 Å². The Hall–Kier alpha value is -3.68. The predicted octanol–water partition coefficient (Wildman–Crippen LogP) is 2.58. The van der Waals surface area contributed by atoms with Crippen molar-refractivity contribution in [2.45, 2.75) is 20.3 Å². The van der Waals surface area contributed by atoms with E-state index >= 15 is 0 Å². The third-order valence-electron chi connectivity index (χ3n) is 3.85. The molecule has 2 aromatic carbocycles. The zero-order chi connectivity index (χ0) is 21.4. The number of ketones is 1. The first-order valence-corrected chi connectivity index (χ1v) is 8.79. The molecule has 29 heavy (non-hydrogen) atoms.